The quantitative estimate of drug-likeness (QED) is 0.447. The highest BCUT2D eigenvalue weighted by Gasteiger charge is 2.31. The van der Waals surface area contributed by atoms with Gasteiger partial charge in [0.05, 0.1) is 23.9 Å². The van der Waals surface area contributed by atoms with Crippen LogP contribution in [0.3, 0.4) is 0 Å². The molecule has 31 heavy (non-hydrogen) atoms. The number of halogens is 3. The number of carbonyl (C=O) groups excluding carboxylic acids is 1. The first kappa shape index (κ1) is 23.3. The van der Waals surface area contributed by atoms with Crippen LogP contribution in [0.15, 0.2) is 47.1 Å². The van der Waals surface area contributed by atoms with Gasteiger partial charge >= 0.3 is 12.1 Å². The van der Waals surface area contributed by atoms with Crippen LogP contribution < -0.4 is 0 Å². The number of carbonyl (C=O) groups is 2. The molecule has 1 saturated heterocycles. The standard InChI is InChI=1S/C21H21BrF2N2O4S/c22-15-5-1-4-14(12-15)21(23,24)9-2-6-16-8-11-30-20(29)26(16)10-3-7-18-25-13-17(31-18)19(27)28/h1-2,4-6,12-13,16H,3,7-11H2,(H,27,28)/b6-2+/t16-/m0/s1. The van der Waals surface area contributed by atoms with Gasteiger partial charge in [-0.05, 0) is 18.6 Å². The number of thiazole rings is 1. The van der Waals surface area contributed by atoms with Crippen molar-refractivity contribution in [1.29, 1.82) is 0 Å². The maximum absolute atomic E-state index is 14.5. The minimum atomic E-state index is -3.02. The molecule has 10 heteroatoms. The van der Waals surface area contributed by atoms with Crippen LogP contribution in [0.2, 0.25) is 0 Å². The second-order valence-corrected chi connectivity index (χ2v) is 9.07. The molecule has 0 spiro atoms. The summed E-state index contributed by atoms with van der Waals surface area (Å²) in [6, 6.07) is 5.71. The molecule has 3 rings (SSSR count). The van der Waals surface area contributed by atoms with E-state index in [1.54, 1.807) is 18.2 Å². The molecular formula is C21H21BrF2N2O4S. The second-order valence-electron chi connectivity index (χ2n) is 7.04. The van der Waals surface area contributed by atoms with Crippen LogP contribution >= 0.6 is 27.3 Å². The lowest BCUT2D eigenvalue weighted by Crippen LogP contribution is -2.45. The lowest BCUT2D eigenvalue weighted by atomic mass is 10.0. The number of carboxylic acid groups (broad SMARTS) is 1. The zero-order chi connectivity index (χ0) is 22.4. The smallest absolute Gasteiger partial charge is 0.410 e. The van der Waals surface area contributed by atoms with E-state index in [1.165, 1.54) is 29.3 Å². The molecule has 1 aromatic carbocycles. The van der Waals surface area contributed by atoms with Crippen LogP contribution in [0.25, 0.3) is 0 Å². The summed E-state index contributed by atoms with van der Waals surface area (Å²) < 4.78 is 34.7. The Morgan fingerprint density at radius 2 is 2.26 bits per heavy atom. The van der Waals surface area contributed by atoms with Crippen LogP contribution in [-0.4, -0.2) is 46.2 Å². The molecule has 1 aliphatic heterocycles. The Morgan fingerprint density at radius 3 is 2.97 bits per heavy atom. The van der Waals surface area contributed by atoms with Crippen LogP contribution in [0, 0.1) is 0 Å². The van der Waals surface area contributed by atoms with Gasteiger partial charge in [-0.3, -0.25) is 0 Å². The van der Waals surface area contributed by atoms with Crippen molar-refractivity contribution in [3.63, 3.8) is 0 Å². The molecule has 0 aliphatic carbocycles. The third-order valence-electron chi connectivity index (χ3n) is 4.81. The van der Waals surface area contributed by atoms with Gasteiger partial charge in [0.2, 0.25) is 0 Å². The van der Waals surface area contributed by atoms with Gasteiger partial charge < -0.3 is 14.7 Å². The fourth-order valence-electron chi connectivity index (χ4n) is 3.23. The topological polar surface area (TPSA) is 79.7 Å². The Kier molecular flexibility index (Phi) is 7.77. The number of carboxylic acids is 1. The van der Waals surface area contributed by atoms with E-state index in [-0.39, 0.29) is 23.1 Å². The summed E-state index contributed by atoms with van der Waals surface area (Å²) in [6.07, 6.45) is 5.00. The number of alkyl halides is 2. The molecule has 166 valence electrons. The number of amides is 1. The van der Waals surface area contributed by atoms with Gasteiger partial charge in [-0.25, -0.2) is 23.4 Å². The SMILES string of the molecule is O=C(O)c1cnc(CCCN2C(=O)OCC[C@@H]2/C=C/CC(F)(F)c2cccc(Br)c2)s1. The van der Waals surface area contributed by atoms with Crippen LogP contribution in [0.5, 0.6) is 0 Å². The maximum atomic E-state index is 14.5. The fourth-order valence-corrected chi connectivity index (χ4v) is 4.43. The molecular weight excluding hydrogens is 494 g/mol. The Morgan fingerprint density at radius 1 is 1.45 bits per heavy atom. The minimum Gasteiger partial charge on any atom is -0.477 e. The van der Waals surface area contributed by atoms with Gasteiger partial charge in [-0.2, -0.15) is 0 Å². The van der Waals surface area contributed by atoms with Crippen molar-refractivity contribution in [2.45, 2.75) is 37.6 Å². The fraction of sp³-hybridized carbons (Fsp3) is 0.381. The van der Waals surface area contributed by atoms with Crippen LogP contribution in [-0.2, 0) is 17.1 Å². The highest BCUT2D eigenvalue weighted by Crippen LogP contribution is 2.33. The lowest BCUT2D eigenvalue weighted by molar-refractivity contribution is -0.00127. The predicted octanol–water partition coefficient (Wildman–Crippen LogP) is 5.49. The van der Waals surface area contributed by atoms with E-state index in [0.717, 1.165) is 11.3 Å². The van der Waals surface area contributed by atoms with Crippen molar-refractivity contribution in [3.8, 4) is 0 Å². The first-order chi connectivity index (χ1) is 14.8. The van der Waals surface area contributed by atoms with Gasteiger partial charge in [0.15, 0.2) is 0 Å². The molecule has 0 radical (unpaired) electrons. The summed E-state index contributed by atoms with van der Waals surface area (Å²) >= 11 is 4.31. The molecule has 1 N–H and O–H groups in total. The van der Waals surface area contributed by atoms with Crippen LogP contribution in [0.4, 0.5) is 13.6 Å². The second kappa shape index (κ2) is 10.3. The van der Waals surface area contributed by atoms with Gasteiger partial charge in [0.25, 0.3) is 5.92 Å². The van der Waals surface area contributed by atoms with E-state index >= 15 is 0 Å². The number of hydrogen-bond donors (Lipinski definition) is 1. The van der Waals surface area contributed by atoms with E-state index in [2.05, 4.69) is 20.9 Å². The van der Waals surface area contributed by atoms with Crippen molar-refractivity contribution in [1.82, 2.24) is 9.88 Å². The normalized spacial score (nSPS) is 17.2. The number of nitrogens with zero attached hydrogens (tertiary/aromatic N) is 2. The summed E-state index contributed by atoms with van der Waals surface area (Å²) in [7, 11) is 0. The molecule has 1 fully saturated rings. The first-order valence-corrected chi connectivity index (χ1v) is 11.3. The molecule has 0 saturated carbocycles. The van der Waals surface area contributed by atoms with E-state index in [9.17, 15) is 18.4 Å². The number of rotatable bonds is 9. The molecule has 6 nitrogen and oxygen atoms in total. The van der Waals surface area contributed by atoms with Crippen molar-refractivity contribution in [2.24, 2.45) is 0 Å². The molecule has 0 bridgehead atoms. The molecule has 2 heterocycles. The molecule has 1 aromatic heterocycles. The van der Waals surface area contributed by atoms with E-state index < -0.39 is 24.4 Å². The molecule has 1 atom stereocenters. The Hall–Kier alpha value is -2.33. The third-order valence-corrected chi connectivity index (χ3v) is 6.35. The summed E-state index contributed by atoms with van der Waals surface area (Å²) in [5, 5.41) is 9.63. The average Bonchev–Trinajstić information content (AvgIpc) is 3.19. The lowest BCUT2D eigenvalue weighted by Gasteiger charge is -2.33. The minimum absolute atomic E-state index is 0.0735. The summed E-state index contributed by atoms with van der Waals surface area (Å²) in [5.41, 5.74) is -0.0735. The summed E-state index contributed by atoms with van der Waals surface area (Å²) in [4.78, 5) is 28.9. The zero-order valence-corrected chi connectivity index (χ0v) is 18.9. The number of aromatic carboxylic acids is 1. The van der Waals surface area contributed by atoms with Crippen molar-refractivity contribution in [3.05, 3.63) is 62.5 Å². The van der Waals surface area contributed by atoms with E-state index in [0.29, 0.717) is 35.3 Å². The van der Waals surface area contributed by atoms with Gasteiger partial charge in [0.1, 0.15) is 4.88 Å². The number of aromatic nitrogens is 1. The number of cyclic esters (lactones) is 1. The summed E-state index contributed by atoms with van der Waals surface area (Å²) in [6.45, 7) is 0.596. The molecule has 2 aromatic rings. The van der Waals surface area contributed by atoms with Crippen molar-refractivity contribution in [2.75, 3.05) is 13.2 Å². The molecule has 1 amide bonds. The van der Waals surface area contributed by atoms with Gasteiger partial charge in [-0.1, -0.05) is 40.2 Å². The zero-order valence-electron chi connectivity index (χ0n) is 16.5. The van der Waals surface area contributed by atoms with Crippen LogP contribution in [0.1, 0.15) is 39.5 Å². The van der Waals surface area contributed by atoms with Gasteiger partial charge in [0, 0.05) is 35.8 Å². The highest BCUT2D eigenvalue weighted by molar-refractivity contribution is 9.10. The average molecular weight is 515 g/mol. The first-order valence-electron chi connectivity index (χ1n) is 9.68. The molecule has 1 aliphatic rings. The Balaban J connectivity index is 1.58. The van der Waals surface area contributed by atoms with Crippen molar-refractivity contribution >= 4 is 39.3 Å². The summed E-state index contributed by atoms with van der Waals surface area (Å²) in [5.74, 6) is -4.04. The van der Waals surface area contributed by atoms with Gasteiger partial charge in [-0.15, -0.1) is 11.3 Å². The number of benzene rings is 1. The number of hydrogen-bond acceptors (Lipinski definition) is 5. The van der Waals surface area contributed by atoms with E-state index in [1.807, 2.05) is 0 Å². The highest BCUT2D eigenvalue weighted by atomic mass is 79.9. The number of allylic oxidation sites excluding steroid dienone is 1. The molecule has 0 unspecified atom stereocenters. The third kappa shape index (κ3) is 6.33. The Bertz CT molecular complexity index is 966. The maximum Gasteiger partial charge on any atom is 0.410 e. The number of aryl methyl sites for hydroxylation is 1. The monoisotopic (exact) mass is 514 g/mol. The predicted molar refractivity (Wildman–Crippen MR) is 116 cm³/mol. The van der Waals surface area contributed by atoms with Crippen molar-refractivity contribution < 1.29 is 28.2 Å². The number of ether oxygens (including phenoxy) is 1. The Labute approximate surface area is 190 Å². The van der Waals surface area contributed by atoms with E-state index in [4.69, 9.17) is 9.84 Å². The largest absolute Gasteiger partial charge is 0.477 e.